The Morgan fingerprint density at radius 3 is 2.81 bits per heavy atom. The van der Waals surface area contributed by atoms with Crippen molar-refractivity contribution in [2.75, 3.05) is 13.2 Å². The number of hydrogen-bond acceptors (Lipinski definition) is 6. The minimum absolute atomic E-state index is 0.222. The molecule has 4 heterocycles. The van der Waals surface area contributed by atoms with Crippen LogP contribution in [0.4, 0.5) is 0 Å². The number of rotatable bonds is 4. The van der Waals surface area contributed by atoms with Crippen molar-refractivity contribution in [1.29, 1.82) is 0 Å². The molecule has 4 aromatic rings. The van der Waals surface area contributed by atoms with E-state index in [1.165, 1.54) is 22.3 Å². The van der Waals surface area contributed by atoms with E-state index in [2.05, 4.69) is 27.4 Å². The molecule has 1 saturated heterocycles. The number of fused-ring (bicyclic) bond motifs is 2. The van der Waals surface area contributed by atoms with E-state index < -0.39 is 0 Å². The molecule has 3 N–H and O–H groups in total. The van der Waals surface area contributed by atoms with Gasteiger partial charge in [-0.15, -0.1) is 0 Å². The SMILES string of the molecule is Cn1ncc(-c2ccc3c(=O)[nH]nc(CN)c3c2)c1-c1c(C2COC2)ccc2c1COC2. The van der Waals surface area contributed by atoms with Crippen LogP contribution >= 0.6 is 0 Å². The molecule has 0 radical (unpaired) electrons. The van der Waals surface area contributed by atoms with Crippen LogP contribution in [0.15, 0.2) is 41.3 Å². The molecule has 32 heavy (non-hydrogen) atoms. The first-order valence-electron chi connectivity index (χ1n) is 10.7. The molecule has 1 fully saturated rings. The van der Waals surface area contributed by atoms with Gasteiger partial charge >= 0.3 is 0 Å². The lowest BCUT2D eigenvalue weighted by Crippen LogP contribution is -2.26. The van der Waals surface area contributed by atoms with Gasteiger partial charge in [-0.05, 0) is 34.4 Å². The van der Waals surface area contributed by atoms with Crippen LogP contribution in [0.3, 0.4) is 0 Å². The second-order valence-corrected chi connectivity index (χ2v) is 8.39. The van der Waals surface area contributed by atoms with Crippen LogP contribution in [0, 0.1) is 0 Å². The Labute approximate surface area is 184 Å². The highest BCUT2D eigenvalue weighted by molar-refractivity contribution is 5.92. The number of H-pyrrole nitrogens is 1. The van der Waals surface area contributed by atoms with E-state index in [-0.39, 0.29) is 12.1 Å². The summed E-state index contributed by atoms with van der Waals surface area (Å²) in [5.74, 6) is 0.363. The van der Waals surface area contributed by atoms with E-state index in [1.54, 1.807) is 0 Å². The molecule has 2 aromatic carbocycles. The number of aromatic nitrogens is 4. The topological polar surface area (TPSA) is 108 Å². The lowest BCUT2D eigenvalue weighted by Gasteiger charge is -2.29. The molecular formula is C24H23N5O3. The van der Waals surface area contributed by atoms with E-state index in [0.717, 1.165) is 35.4 Å². The first-order chi connectivity index (χ1) is 15.7. The van der Waals surface area contributed by atoms with E-state index in [1.807, 2.05) is 36.1 Å². The van der Waals surface area contributed by atoms with Crippen molar-refractivity contribution in [2.45, 2.75) is 25.7 Å². The summed E-state index contributed by atoms with van der Waals surface area (Å²) in [4.78, 5) is 12.3. The zero-order valence-corrected chi connectivity index (χ0v) is 17.7. The standard InChI is InChI=1S/C24H23N5O3/c1-29-23(22-16(15-10-31-11-15)4-3-14-9-32-12-20(14)22)19(8-26-29)13-2-5-17-18(6-13)21(7-25)27-28-24(17)30/h2-6,8,15H,7,9-12,25H2,1H3,(H,28,30). The third kappa shape index (κ3) is 2.84. The predicted molar refractivity (Wildman–Crippen MR) is 120 cm³/mol. The fraction of sp³-hybridized carbons (Fsp3) is 0.292. The van der Waals surface area contributed by atoms with Gasteiger partial charge in [-0.1, -0.05) is 18.2 Å². The maximum absolute atomic E-state index is 12.3. The number of hydrogen-bond donors (Lipinski definition) is 2. The Morgan fingerprint density at radius 2 is 2.03 bits per heavy atom. The Morgan fingerprint density at radius 1 is 1.16 bits per heavy atom. The van der Waals surface area contributed by atoms with Crippen LogP contribution in [0.25, 0.3) is 33.2 Å². The smallest absolute Gasteiger partial charge is 0.272 e. The van der Waals surface area contributed by atoms with E-state index in [9.17, 15) is 4.79 Å². The van der Waals surface area contributed by atoms with Crippen molar-refractivity contribution in [3.63, 3.8) is 0 Å². The maximum Gasteiger partial charge on any atom is 0.272 e. The molecule has 2 aromatic heterocycles. The van der Waals surface area contributed by atoms with Crippen molar-refractivity contribution in [3.8, 4) is 22.4 Å². The van der Waals surface area contributed by atoms with Gasteiger partial charge in [-0.2, -0.15) is 10.2 Å². The van der Waals surface area contributed by atoms with Crippen LogP contribution < -0.4 is 11.3 Å². The van der Waals surface area contributed by atoms with Crippen LogP contribution in [0.5, 0.6) is 0 Å². The van der Waals surface area contributed by atoms with Crippen LogP contribution in [0.2, 0.25) is 0 Å². The number of nitrogens with two attached hydrogens (primary N) is 1. The Bertz CT molecular complexity index is 1420. The summed E-state index contributed by atoms with van der Waals surface area (Å²) >= 11 is 0. The molecule has 0 spiro atoms. The second kappa shape index (κ2) is 7.37. The molecule has 0 unspecified atom stereocenters. The second-order valence-electron chi connectivity index (χ2n) is 8.39. The third-order valence-electron chi connectivity index (χ3n) is 6.57. The maximum atomic E-state index is 12.3. The van der Waals surface area contributed by atoms with Crippen molar-refractivity contribution in [2.24, 2.45) is 12.8 Å². The average molecular weight is 429 g/mol. The number of ether oxygens (including phenoxy) is 2. The molecule has 0 saturated carbocycles. The van der Waals surface area contributed by atoms with Gasteiger partial charge < -0.3 is 15.2 Å². The minimum Gasteiger partial charge on any atom is -0.380 e. The molecule has 0 aliphatic carbocycles. The molecule has 8 heteroatoms. The molecular weight excluding hydrogens is 406 g/mol. The van der Waals surface area contributed by atoms with Crippen molar-refractivity contribution in [1.82, 2.24) is 20.0 Å². The highest BCUT2D eigenvalue weighted by Crippen LogP contribution is 2.43. The fourth-order valence-electron chi connectivity index (χ4n) is 4.80. The van der Waals surface area contributed by atoms with Gasteiger partial charge in [0.1, 0.15) is 0 Å². The van der Waals surface area contributed by atoms with Gasteiger partial charge in [-0.25, -0.2) is 5.10 Å². The summed E-state index contributed by atoms with van der Waals surface area (Å²) in [6.45, 7) is 2.91. The normalized spacial score (nSPS) is 15.8. The van der Waals surface area contributed by atoms with Crippen molar-refractivity contribution < 1.29 is 9.47 Å². The molecule has 162 valence electrons. The summed E-state index contributed by atoms with van der Waals surface area (Å²) < 4.78 is 13.2. The highest BCUT2D eigenvalue weighted by Gasteiger charge is 2.30. The number of aromatic amines is 1. The van der Waals surface area contributed by atoms with Crippen LogP contribution in [-0.4, -0.2) is 33.2 Å². The van der Waals surface area contributed by atoms with Gasteiger partial charge in [0.15, 0.2) is 0 Å². The first kappa shape index (κ1) is 19.4. The summed E-state index contributed by atoms with van der Waals surface area (Å²) in [7, 11) is 1.97. The molecule has 2 aliphatic rings. The number of nitrogens with zero attached hydrogens (tertiary/aromatic N) is 3. The van der Waals surface area contributed by atoms with E-state index in [0.29, 0.717) is 30.2 Å². The fourth-order valence-corrected chi connectivity index (χ4v) is 4.80. The largest absolute Gasteiger partial charge is 0.380 e. The summed E-state index contributed by atoms with van der Waals surface area (Å²) in [5, 5.41) is 12.6. The summed E-state index contributed by atoms with van der Waals surface area (Å²) in [5.41, 5.74) is 14.2. The highest BCUT2D eigenvalue weighted by atomic mass is 16.5. The zero-order chi connectivity index (χ0) is 21.8. The van der Waals surface area contributed by atoms with Gasteiger partial charge in [0, 0.05) is 36.0 Å². The zero-order valence-electron chi connectivity index (χ0n) is 17.7. The van der Waals surface area contributed by atoms with Crippen LogP contribution in [-0.2, 0) is 36.3 Å². The third-order valence-corrected chi connectivity index (χ3v) is 6.57. The first-order valence-corrected chi connectivity index (χ1v) is 10.7. The minimum atomic E-state index is -0.222. The summed E-state index contributed by atoms with van der Waals surface area (Å²) in [6.07, 6.45) is 1.88. The number of aryl methyl sites for hydroxylation is 1. The van der Waals surface area contributed by atoms with Crippen LogP contribution in [0.1, 0.15) is 28.3 Å². The predicted octanol–water partition coefficient (Wildman–Crippen LogP) is 2.59. The van der Waals surface area contributed by atoms with Crippen molar-refractivity contribution in [3.05, 3.63) is 69.3 Å². The van der Waals surface area contributed by atoms with E-state index >= 15 is 0 Å². The Kier molecular flexibility index (Phi) is 4.46. The van der Waals surface area contributed by atoms with E-state index in [4.69, 9.17) is 15.2 Å². The van der Waals surface area contributed by atoms with Gasteiger partial charge in [0.05, 0.1) is 49.4 Å². The lowest BCUT2D eigenvalue weighted by atomic mass is 9.85. The van der Waals surface area contributed by atoms with Crippen molar-refractivity contribution >= 4 is 10.8 Å². The molecule has 2 aliphatic heterocycles. The Balaban J connectivity index is 1.60. The van der Waals surface area contributed by atoms with Gasteiger partial charge in [0.25, 0.3) is 5.56 Å². The number of benzene rings is 2. The Hall–Kier alpha value is -3.33. The molecule has 0 bridgehead atoms. The average Bonchev–Trinajstić information content (AvgIpc) is 3.39. The molecule has 8 nitrogen and oxygen atoms in total. The lowest BCUT2D eigenvalue weighted by molar-refractivity contribution is 0.00859. The van der Waals surface area contributed by atoms with Gasteiger partial charge in [0.2, 0.25) is 0 Å². The monoisotopic (exact) mass is 429 g/mol. The molecule has 0 atom stereocenters. The molecule has 0 amide bonds. The number of nitrogens with one attached hydrogen (secondary N) is 1. The quantitative estimate of drug-likeness (QED) is 0.516. The molecule has 6 rings (SSSR count). The van der Waals surface area contributed by atoms with Gasteiger partial charge in [-0.3, -0.25) is 9.48 Å². The summed E-state index contributed by atoms with van der Waals surface area (Å²) in [6, 6.07) is 10.2.